The number of H-pyrrole nitrogens is 1. The molecule has 31 heavy (non-hydrogen) atoms. The Labute approximate surface area is 181 Å². The van der Waals surface area contributed by atoms with Crippen LogP contribution in [-0.2, 0) is 0 Å². The van der Waals surface area contributed by atoms with E-state index < -0.39 is 0 Å². The first kappa shape index (κ1) is 19.4. The molecule has 1 fully saturated rings. The number of hydrogen-bond donors (Lipinski definition) is 3. The molecule has 1 aliphatic carbocycles. The predicted octanol–water partition coefficient (Wildman–Crippen LogP) is 6.92. The van der Waals surface area contributed by atoms with E-state index in [1.165, 1.54) is 37.7 Å². The van der Waals surface area contributed by atoms with Gasteiger partial charge < -0.3 is 10.3 Å². The zero-order valence-electron chi connectivity index (χ0n) is 17.4. The molecule has 0 radical (unpaired) electrons. The first-order valence-corrected chi connectivity index (χ1v) is 11.0. The third-order valence-electron chi connectivity index (χ3n) is 6.14. The quantitative estimate of drug-likeness (QED) is 0.342. The second-order valence-corrected chi connectivity index (χ2v) is 8.22. The summed E-state index contributed by atoms with van der Waals surface area (Å²) in [5.74, 6) is 1.16. The molecule has 0 unspecified atom stereocenters. The number of pyridine rings is 1. The molecule has 0 bridgehead atoms. The molecule has 1 aliphatic rings. The van der Waals surface area contributed by atoms with Gasteiger partial charge in [0.1, 0.15) is 5.82 Å². The molecule has 2 amide bonds. The van der Waals surface area contributed by atoms with Crippen LogP contribution in [0.1, 0.15) is 43.6 Å². The van der Waals surface area contributed by atoms with E-state index in [1.54, 1.807) is 0 Å². The van der Waals surface area contributed by atoms with E-state index in [-0.39, 0.29) is 6.03 Å². The summed E-state index contributed by atoms with van der Waals surface area (Å²) < 4.78 is 0. The standard InChI is InChI=1S/C26H26N4O/c31-26(30-25-14-12-21(16-28-25)19-9-5-2-6-10-19)29-24-17-27-23-13-11-20(15-22(23)24)18-7-3-1-4-8-18/h1,3-4,7-8,11-17,19,27H,2,5-6,9-10H2,(H2,28,29,30,31). The highest BCUT2D eigenvalue weighted by Crippen LogP contribution is 2.32. The maximum Gasteiger partial charge on any atom is 0.324 e. The number of carbonyl (C=O) groups is 1. The van der Waals surface area contributed by atoms with Gasteiger partial charge in [-0.25, -0.2) is 9.78 Å². The van der Waals surface area contributed by atoms with Crippen molar-refractivity contribution < 1.29 is 4.79 Å². The molecule has 4 aromatic rings. The van der Waals surface area contributed by atoms with Crippen molar-refractivity contribution in [2.45, 2.75) is 38.0 Å². The molecule has 156 valence electrons. The molecule has 2 aromatic carbocycles. The van der Waals surface area contributed by atoms with Gasteiger partial charge in [0.2, 0.25) is 0 Å². The predicted molar refractivity (Wildman–Crippen MR) is 126 cm³/mol. The number of nitrogens with one attached hydrogen (secondary N) is 3. The molecule has 0 aliphatic heterocycles. The van der Waals surface area contributed by atoms with Crippen LogP contribution >= 0.6 is 0 Å². The van der Waals surface area contributed by atoms with Gasteiger partial charge in [-0.3, -0.25) is 5.32 Å². The lowest BCUT2D eigenvalue weighted by atomic mass is 9.85. The van der Waals surface area contributed by atoms with Crippen molar-refractivity contribution in [2.75, 3.05) is 10.6 Å². The lowest BCUT2D eigenvalue weighted by Crippen LogP contribution is -2.20. The van der Waals surface area contributed by atoms with Crippen LogP contribution in [0.4, 0.5) is 16.3 Å². The van der Waals surface area contributed by atoms with Crippen molar-refractivity contribution in [3.8, 4) is 11.1 Å². The molecule has 5 rings (SSSR count). The second-order valence-electron chi connectivity index (χ2n) is 8.22. The van der Waals surface area contributed by atoms with Gasteiger partial charge in [0, 0.05) is 23.3 Å². The molecule has 0 atom stereocenters. The van der Waals surface area contributed by atoms with E-state index in [0.717, 1.165) is 27.7 Å². The van der Waals surface area contributed by atoms with Gasteiger partial charge in [-0.05, 0) is 53.6 Å². The minimum absolute atomic E-state index is 0.302. The summed E-state index contributed by atoms with van der Waals surface area (Å²) >= 11 is 0. The summed E-state index contributed by atoms with van der Waals surface area (Å²) in [5.41, 5.74) is 5.24. The zero-order valence-corrected chi connectivity index (χ0v) is 17.4. The van der Waals surface area contributed by atoms with Crippen molar-refractivity contribution in [2.24, 2.45) is 0 Å². The highest BCUT2D eigenvalue weighted by Gasteiger charge is 2.16. The molecule has 5 nitrogen and oxygen atoms in total. The Kier molecular flexibility index (Phi) is 5.40. The Morgan fingerprint density at radius 1 is 0.903 bits per heavy atom. The first-order chi connectivity index (χ1) is 15.3. The maximum atomic E-state index is 12.6. The Bertz CT molecular complexity index is 1180. The fourth-order valence-corrected chi connectivity index (χ4v) is 4.46. The summed E-state index contributed by atoms with van der Waals surface area (Å²) in [6, 6.07) is 20.1. The first-order valence-electron chi connectivity index (χ1n) is 11.0. The Morgan fingerprint density at radius 3 is 2.52 bits per heavy atom. The van der Waals surface area contributed by atoms with E-state index in [4.69, 9.17) is 0 Å². The number of nitrogens with zero attached hydrogens (tertiary/aromatic N) is 1. The van der Waals surface area contributed by atoms with Crippen LogP contribution in [0.5, 0.6) is 0 Å². The normalized spacial score (nSPS) is 14.5. The van der Waals surface area contributed by atoms with E-state index >= 15 is 0 Å². The van der Waals surface area contributed by atoms with Gasteiger partial charge >= 0.3 is 6.03 Å². The summed E-state index contributed by atoms with van der Waals surface area (Å²) in [4.78, 5) is 20.3. The average Bonchev–Trinajstić information content (AvgIpc) is 3.22. The van der Waals surface area contributed by atoms with Crippen molar-refractivity contribution >= 4 is 28.4 Å². The number of carbonyl (C=O) groups excluding carboxylic acids is 1. The zero-order chi connectivity index (χ0) is 21.0. The minimum atomic E-state index is -0.302. The largest absolute Gasteiger partial charge is 0.359 e. The van der Waals surface area contributed by atoms with E-state index in [1.807, 2.05) is 42.7 Å². The number of amides is 2. The van der Waals surface area contributed by atoms with Crippen molar-refractivity contribution in [1.82, 2.24) is 9.97 Å². The van der Waals surface area contributed by atoms with Gasteiger partial charge in [-0.2, -0.15) is 0 Å². The third kappa shape index (κ3) is 4.31. The van der Waals surface area contributed by atoms with Gasteiger partial charge in [0.25, 0.3) is 0 Å². The topological polar surface area (TPSA) is 69.8 Å². The number of anilines is 2. The number of urea groups is 1. The van der Waals surface area contributed by atoms with Crippen LogP contribution in [0.3, 0.4) is 0 Å². The van der Waals surface area contributed by atoms with Crippen molar-refractivity contribution in [3.63, 3.8) is 0 Å². The molecule has 0 spiro atoms. The number of aromatic nitrogens is 2. The van der Waals surface area contributed by atoms with Crippen LogP contribution in [0.25, 0.3) is 22.0 Å². The number of fused-ring (bicyclic) bond motifs is 1. The number of rotatable bonds is 4. The van der Waals surface area contributed by atoms with Gasteiger partial charge in [-0.1, -0.05) is 61.7 Å². The average molecular weight is 411 g/mol. The second kappa shape index (κ2) is 8.64. The molecule has 2 heterocycles. The van der Waals surface area contributed by atoms with Crippen LogP contribution in [0.2, 0.25) is 0 Å². The summed E-state index contributed by atoms with van der Waals surface area (Å²) in [6.45, 7) is 0. The highest BCUT2D eigenvalue weighted by molar-refractivity contribution is 6.06. The minimum Gasteiger partial charge on any atom is -0.359 e. The third-order valence-corrected chi connectivity index (χ3v) is 6.14. The lowest BCUT2D eigenvalue weighted by molar-refractivity contribution is 0.262. The lowest BCUT2D eigenvalue weighted by Gasteiger charge is -2.21. The number of aromatic amines is 1. The van der Waals surface area contributed by atoms with E-state index in [0.29, 0.717) is 11.7 Å². The maximum absolute atomic E-state index is 12.6. The highest BCUT2D eigenvalue weighted by atomic mass is 16.2. The smallest absolute Gasteiger partial charge is 0.324 e. The van der Waals surface area contributed by atoms with E-state index in [2.05, 4.69) is 50.9 Å². The summed E-state index contributed by atoms with van der Waals surface area (Å²) in [5, 5.41) is 6.76. The molecule has 2 aromatic heterocycles. The Hall–Kier alpha value is -3.60. The van der Waals surface area contributed by atoms with Crippen LogP contribution in [0, 0.1) is 0 Å². The molecule has 5 heteroatoms. The van der Waals surface area contributed by atoms with Crippen molar-refractivity contribution in [3.05, 3.63) is 78.6 Å². The SMILES string of the molecule is O=C(Nc1ccc(C2CCCCC2)cn1)Nc1c[nH]c2ccc(-c3ccccc3)cc12. The molecule has 1 saturated carbocycles. The molecule has 0 saturated heterocycles. The van der Waals surface area contributed by atoms with Crippen molar-refractivity contribution in [1.29, 1.82) is 0 Å². The van der Waals surface area contributed by atoms with Crippen LogP contribution < -0.4 is 10.6 Å². The Balaban J connectivity index is 1.29. The van der Waals surface area contributed by atoms with Crippen LogP contribution in [-0.4, -0.2) is 16.0 Å². The monoisotopic (exact) mass is 410 g/mol. The van der Waals surface area contributed by atoms with Gasteiger partial charge in [0.05, 0.1) is 5.69 Å². The molecular weight excluding hydrogens is 384 g/mol. The van der Waals surface area contributed by atoms with Crippen LogP contribution in [0.15, 0.2) is 73.1 Å². The van der Waals surface area contributed by atoms with E-state index in [9.17, 15) is 4.79 Å². The summed E-state index contributed by atoms with van der Waals surface area (Å²) in [6.07, 6.45) is 10.1. The number of hydrogen-bond acceptors (Lipinski definition) is 2. The molecular formula is C26H26N4O. The van der Waals surface area contributed by atoms with Gasteiger partial charge in [0.15, 0.2) is 0 Å². The number of benzene rings is 2. The Morgan fingerprint density at radius 2 is 1.74 bits per heavy atom. The van der Waals surface area contributed by atoms with Gasteiger partial charge in [-0.15, -0.1) is 0 Å². The molecule has 3 N–H and O–H groups in total. The summed E-state index contributed by atoms with van der Waals surface area (Å²) in [7, 11) is 0. The fraction of sp³-hybridized carbons (Fsp3) is 0.231. The fourth-order valence-electron chi connectivity index (χ4n) is 4.46.